The third-order valence-corrected chi connectivity index (χ3v) is 3.64. The molecule has 0 bridgehead atoms. The maximum Gasteiger partial charge on any atom is 0.251 e. The minimum absolute atomic E-state index is 0.105. The average Bonchev–Trinajstić information content (AvgIpc) is 3.03. The SMILES string of the molecule is O=C(NCC1CCC(O)C1)c1ccc2n[nH]nc2c1. The summed E-state index contributed by atoms with van der Waals surface area (Å²) in [6.07, 6.45) is 2.39. The lowest BCUT2D eigenvalue weighted by Crippen LogP contribution is -2.28. The molecule has 0 radical (unpaired) electrons. The van der Waals surface area contributed by atoms with E-state index in [-0.39, 0.29) is 12.0 Å². The molecule has 1 aromatic carbocycles. The molecule has 1 amide bonds. The van der Waals surface area contributed by atoms with Crippen LogP contribution in [-0.2, 0) is 0 Å². The van der Waals surface area contributed by atoms with E-state index >= 15 is 0 Å². The standard InChI is InChI=1S/C13H16N4O2/c18-10-3-1-8(5-10)7-14-13(19)9-2-4-11-12(6-9)16-17-15-11/h2,4,6,8,10,18H,1,3,5,7H2,(H,14,19)(H,15,16,17). The van der Waals surface area contributed by atoms with Crippen LogP contribution in [0.3, 0.4) is 0 Å². The number of carbonyl (C=O) groups excluding carboxylic acids is 1. The Labute approximate surface area is 110 Å². The second kappa shape index (κ2) is 4.97. The zero-order valence-corrected chi connectivity index (χ0v) is 10.5. The van der Waals surface area contributed by atoms with Crippen LogP contribution in [-0.4, -0.2) is 39.1 Å². The number of benzene rings is 1. The number of amides is 1. The Morgan fingerprint density at radius 2 is 2.21 bits per heavy atom. The number of nitrogens with one attached hydrogen (secondary N) is 2. The predicted octanol–water partition coefficient (Wildman–Crippen LogP) is 0.849. The van der Waals surface area contributed by atoms with Crippen LogP contribution >= 0.6 is 0 Å². The number of nitrogens with zero attached hydrogens (tertiary/aromatic N) is 2. The number of aromatic nitrogens is 3. The molecule has 6 heteroatoms. The third-order valence-electron chi connectivity index (χ3n) is 3.64. The first kappa shape index (κ1) is 12.1. The van der Waals surface area contributed by atoms with Crippen LogP contribution in [0.4, 0.5) is 0 Å². The normalized spacial score (nSPS) is 22.8. The van der Waals surface area contributed by atoms with Crippen molar-refractivity contribution in [2.75, 3.05) is 6.54 Å². The fourth-order valence-electron chi connectivity index (χ4n) is 2.55. The van der Waals surface area contributed by atoms with Crippen LogP contribution in [0.5, 0.6) is 0 Å². The predicted molar refractivity (Wildman–Crippen MR) is 69.6 cm³/mol. The van der Waals surface area contributed by atoms with E-state index in [0.29, 0.717) is 23.5 Å². The highest BCUT2D eigenvalue weighted by Crippen LogP contribution is 2.24. The number of hydrogen-bond donors (Lipinski definition) is 3. The first-order valence-corrected chi connectivity index (χ1v) is 6.49. The molecule has 2 atom stereocenters. The molecule has 0 aliphatic heterocycles. The molecule has 0 spiro atoms. The van der Waals surface area contributed by atoms with Gasteiger partial charge in [0.2, 0.25) is 0 Å². The lowest BCUT2D eigenvalue weighted by molar-refractivity contribution is 0.0945. The number of fused-ring (bicyclic) bond motifs is 1. The Balaban J connectivity index is 1.63. The Morgan fingerprint density at radius 1 is 1.37 bits per heavy atom. The molecule has 1 fully saturated rings. The lowest BCUT2D eigenvalue weighted by atomic mass is 10.1. The maximum atomic E-state index is 12.0. The Hall–Kier alpha value is -1.95. The van der Waals surface area contributed by atoms with E-state index in [9.17, 15) is 9.90 Å². The highest BCUT2D eigenvalue weighted by Gasteiger charge is 2.23. The summed E-state index contributed by atoms with van der Waals surface area (Å²) in [5.41, 5.74) is 2.01. The molecular formula is C13H16N4O2. The number of aliphatic hydroxyl groups excluding tert-OH is 1. The lowest BCUT2D eigenvalue weighted by Gasteiger charge is -2.10. The number of H-pyrrole nitrogens is 1. The van der Waals surface area contributed by atoms with E-state index in [4.69, 9.17) is 0 Å². The Bertz CT molecular complexity index is 595. The fourth-order valence-corrected chi connectivity index (χ4v) is 2.55. The molecule has 19 heavy (non-hydrogen) atoms. The number of rotatable bonds is 3. The van der Waals surface area contributed by atoms with Gasteiger partial charge in [0, 0.05) is 12.1 Å². The van der Waals surface area contributed by atoms with Gasteiger partial charge in [-0.2, -0.15) is 15.4 Å². The summed E-state index contributed by atoms with van der Waals surface area (Å²) < 4.78 is 0. The molecule has 3 rings (SSSR count). The first-order valence-electron chi connectivity index (χ1n) is 6.49. The van der Waals surface area contributed by atoms with Gasteiger partial charge < -0.3 is 10.4 Å². The van der Waals surface area contributed by atoms with Crippen molar-refractivity contribution >= 4 is 16.9 Å². The third kappa shape index (κ3) is 2.58. The monoisotopic (exact) mass is 260 g/mol. The quantitative estimate of drug-likeness (QED) is 0.763. The maximum absolute atomic E-state index is 12.0. The minimum atomic E-state index is -0.201. The summed E-state index contributed by atoms with van der Waals surface area (Å²) in [5.74, 6) is 0.279. The van der Waals surface area contributed by atoms with E-state index in [1.807, 2.05) is 0 Å². The van der Waals surface area contributed by atoms with Crippen LogP contribution in [0.1, 0.15) is 29.6 Å². The molecule has 2 aromatic rings. The number of hydrogen-bond acceptors (Lipinski definition) is 4. The van der Waals surface area contributed by atoms with E-state index in [2.05, 4.69) is 20.7 Å². The second-order valence-electron chi connectivity index (χ2n) is 5.07. The van der Waals surface area contributed by atoms with Crippen molar-refractivity contribution in [3.63, 3.8) is 0 Å². The zero-order chi connectivity index (χ0) is 13.2. The molecule has 6 nitrogen and oxygen atoms in total. The van der Waals surface area contributed by atoms with Crippen molar-refractivity contribution in [3.05, 3.63) is 23.8 Å². The second-order valence-corrected chi connectivity index (χ2v) is 5.07. The summed E-state index contributed by atoms with van der Waals surface area (Å²) in [4.78, 5) is 12.0. The van der Waals surface area contributed by atoms with Crippen LogP contribution in [0.25, 0.3) is 11.0 Å². The molecule has 1 heterocycles. The van der Waals surface area contributed by atoms with Gasteiger partial charge in [-0.3, -0.25) is 4.79 Å². The smallest absolute Gasteiger partial charge is 0.251 e. The summed E-state index contributed by atoms with van der Waals surface area (Å²) in [7, 11) is 0. The molecule has 3 N–H and O–H groups in total. The van der Waals surface area contributed by atoms with Crippen molar-refractivity contribution < 1.29 is 9.90 Å². The highest BCUT2D eigenvalue weighted by molar-refractivity contribution is 5.97. The van der Waals surface area contributed by atoms with Gasteiger partial charge in [-0.15, -0.1) is 0 Å². The molecule has 1 saturated carbocycles. The minimum Gasteiger partial charge on any atom is -0.393 e. The molecule has 100 valence electrons. The van der Waals surface area contributed by atoms with Crippen LogP contribution in [0.2, 0.25) is 0 Å². The van der Waals surface area contributed by atoms with Gasteiger partial charge in [-0.25, -0.2) is 0 Å². The van der Waals surface area contributed by atoms with Gasteiger partial charge in [0.05, 0.1) is 6.10 Å². The molecule has 1 aliphatic carbocycles. The van der Waals surface area contributed by atoms with Gasteiger partial charge in [-0.1, -0.05) is 0 Å². The summed E-state index contributed by atoms with van der Waals surface area (Å²) in [6.45, 7) is 0.618. The molecule has 0 saturated heterocycles. The van der Waals surface area contributed by atoms with Crippen LogP contribution < -0.4 is 5.32 Å². The fraction of sp³-hybridized carbons (Fsp3) is 0.462. The van der Waals surface area contributed by atoms with Crippen molar-refractivity contribution in [3.8, 4) is 0 Å². The zero-order valence-electron chi connectivity index (χ0n) is 10.5. The van der Waals surface area contributed by atoms with Crippen molar-refractivity contribution in [1.82, 2.24) is 20.7 Å². The largest absolute Gasteiger partial charge is 0.393 e. The van der Waals surface area contributed by atoms with Gasteiger partial charge in [-0.05, 0) is 43.4 Å². The number of carbonyl (C=O) groups is 1. The van der Waals surface area contributed by atoms with Gasteiger partial charge in [0.25, 0.3) is 5.91 Å². The van der Waals surface area contributed by atoms with E-state index in [1.165, 1.54) is 0 Å². The topological polar surface area (TPSA) is 90.9 Å². The van der Waals surface area contributed by atoms with Crippen molar-refractivity contribution in [2.24, 2.45) is 5.92 Å². The summed E-state index contributed by atoms with van der Waals surface area (Å²) in [5, 5.41) is 22.8. The van der Waals surface area contributed by atoms with E-state index < -0.39 is 0 Å². The van der Waals surface area contributed by atoms with E-state index in [0.717, 1.165) is 24.8 Å². The number of aromatic amines is 1. The molecule has 1 aromatic heterocycles. The number of aliphatic hydroxyl groups is 1. The molecule has 1 aliphatic rings. The summed E-state index contributed by atoms with van der Waals surface area (Å²) >= 11 is 0. The average molecular weight is 260 g/mol. The van der Waals surface area contributed by atoms with Gasteiger partial charge >= 0.3 is 0 Å². The molecular weight excluding hydrogens is 244 g/mol. The van der Waals surface area contributed by atoms with Gasteiger partial charge in [0.1, 0.15) is 11.0 Å². The molecule has 2 unspecified atom stereocenters. The first-order chi connectivity index (χ1) is 9.22. The van der Waals surface area contributed by atoms with Gasteiger partial charge in [0.15, 0.2) is 0 Å². The Morgan fingerprint density at radius 3 is 3.00 bits per heavy atom. The van der Waals surface area contributed by atoms with E-state index in [1.54, 1.807) is 18.2 Å². The van der Waals surface area contributed by atoms with Crippen molar-refractivity contribution in [2.45, 2.75) is 25.4 Å². The summed E-state index contributed by atoms with van der Waals surface area (Å²) in [6, 6.07) is 5.23. The van der Waals surface area contributed by atoms with Crippen LogP contribution in [0, 0.1) is 5.92 Å². The van der Waals surface area contributed by atoms with Crippen LogP contribution in [0.15, 0.2) is 18.2 Å². The van der Waals surface area contributed by atoms with Crippen molar-refractivity contribution in [1.29, 1.82) is 0 Å². The Kier molecular flexibility index (Phi) is 3.16. The highest BCUT2D eigenvalue weighted by atomic mass is 16.3.